The van der Waals surface area contributed by atoms with E-state index in [0.29, 0.717) is 5.56 Å². The first-order valence-corrected chi connectivity index (χ1v) is 8.14. The number of rotatable bonds is 3. The van der Waals surface area contributed by atoms with Gasteiger partial charge in [-0.3, -0.25) is 4.79 Å². The Hall–Kier alpha value is -1.72. The van der Waals surface area contributed by atoms with Gasteiger partial charge in [0.1, 0.15) is 5.01 Å². The van der Waals surface area contributed by atoms with Crippen molar-refractivity contribution in [3.05, 3.63) is 40.9 Å². The van der Waals surface area contributed by atoms with Crippen LogP contribution in [0.15, 0.2) is 29.6 Å². The first kappa shape index (κ1) is 14.2. The van der Waals surface area contributed by atoms with E-state index in [4.69, 9.17) is 0 Å². The number of aromatic nitrogens is 1. The summed E-state index contributed by atoms with van der Waals surface area (Å²) in [5.41, 5.74) is 2.71. The molecule has 1 atom stereocenters. The molecule has 1 saturated heterocycles. The molecule has 0 aliphatic carbocycles. The van der Waals surface area contributed by atoms with E-state index in [0.717, 1.165) is 42.2 Å². The minimum absolute atomic E-state index is 0.00109. The van der Waals surface area contributed by atoms with E-state index >= 15 is 0 Å². The van der Waals surface area contributed by atoms with Gasteiger partial charge in [0.05, 0.1) is 0 Å². The average molecular weight is 301 g/mol. The summed E-state index contributed by atoms with van der Waals surface area (Å²) in [5.74, 6) is -0.00109. The van der Waals surface area contributed by atoms with Crippen molar-refractivity contribution in [3.63, 3.8) is 0 Å². The topological polar surface area (TPSA) is 54.0 Å². The molecule has 1 aromatic heterocycles. The molecule has 0 saturated carbocycles. The minimum Gasteiger partial charge on any atom is -0.348 e. The van der Waals surface area contributed by atoms with Crippen molar-refractivity contribution < 1.29 is 4.79 Å². The third kappa shape index (κ3) is 3.49. The number of piperidine rings is 1. The molecule has 4 nitrogen and oxygen atoms in total. The predicted octanol–water partition coefficient (Wildman–Crippen LogP) is 2.60. The molecule has 0 bridgehead atoms. The lowest BCUT2D eigenvalue weighted by atomic mass is 10.1. The van der Waals surface area contributed by atoms with Crippen LogP contribution in [-0.4, -0.2) is 30.0 Å². The summed E-state index contributed by atoms with van der Waals surface area (Å²) >= 11 is 1.61. The molecule has 2 aromatic rings. The lowest BCUT2D eigenvalue weighted by Crippen LogP contribution is -2.45. The van der Waals surface area contributed by atoms with Crippen molar-refractivity contribution in [2.75, 3.05) is 13.1 Å². The number of amides is 1. The van der Waals surface area contributed by atoms with Crippen LogP contribution >= 0.6 is 11.3 Å². The van der Waals surface area contributed by atoms with Crippen molar-refractivity contribution in [1.29, 1.82) is 0 Å². The smallest absolute Gasteiger partial charge is 0.251 e. The molecular formula is C16H19N3OS. The monoisotopic (exact) mass is 301 g/mol. The normalized spacial score (nSPS) is 18.4. The Balaban J connectivity index is 1.74. The van der Waals surface area contributed by atoms with Crippen LogP contribution in [0.5, 0.6) is 0 Å². The van der Waals surface area contributed by atoms with Gasteiger partial charge in [-0.2, -0.15) is 0 Å². The SMILES string of the molecule is Cc1csc(-c2cccc(C(=O)NC3CCCNC3)c2)n1. The fourth-order valence-electron chi connectivity index (χ4n) is 2.52. The van der Waals surface area contributed by atoms with E-state index < -0.39 is 0 Å². The number of benzene rings is 1. The molecule has 0 spiro atoms. The maximum Gasteiger partial charge on any atom is 0.251 e. The van der Waals surface area contributed by atoms with E-state index in [-0.39, 0.29) is 11.9 Å². The fourth-order valence-corrected chi connectivity index (χ4v) is 3.32. The Morgan fingerprint density at radius 2 is 2.38 bits per heavy atom. The van der Waals surface area contributed by atoms with Crippen LogP contribution < -0.4 is 10.6 Å². The van der Waals surface area contributed by atoms with Gasteiger partial charge in [0, 0.05) is 34.8 Å². The van der Waals surface area contributed by atoms with Crippen molar-refractivity contribution >= 4 is 17.2 Å². The number of nitrogens with zero attached hydrogens (tertiary/aromatic N) is 1. The number of carbonyl (C=O) groups is 1. The van der Waals surface area contributed by atoms with Crippen LogP contribution in [0.1, 0.15) is 28.9 Å². The summed E-state index contributed by atoms with van der Waals surface area (Å²) in [4.78, 5) is 16.8. The highest BCUT2D eigenvalue weighted by Gasteiger charge is 2.16. The first-order chi connectivity index (χ1) is 10.2. The predicted molar refractivity (Wildman–Crippen MR) is 85.6 cm³/mol. The fraction of sp³-hybridized carbons (Fsp3) is 0.375. The zero-order valence-electron chi connectivity index (χ0n) is 12.1. The Morgan fingerprint density at radius 1 is 1.48 bits per heavy atom. The van der Waals surface area contributed by atoms with Crippen LogP contribution in [0.25, 0.3) is 10.6 Å². The molecule has 2 heterocycles. The van der Waals surface area contributed by atoms with Gasteiger partial charge in [-0.1, -0.05) is 12.1 Å². The van der Waals surface area contributed by atoms with E-state index in [9.17, 15) is 4.79 Å². The lowest BCUT2D eigenvalue weighted by molar-refractivity contribution is 0.0930. The van der Waals surface area contributed by atoms with Crippen molar-refractivity contribution in [2.24, 2.45) is 0 Å². The van der Waals surface area contributed by atoms with E-state index in [1.54, 1.807) is 11.3 Å². The number of aryl methyl sites for hydroxylation is 1. The number of hydrogen-bond donors (Lipinski definition) is 2. The van der Waals surface area contributed by atoms with Crippen LogP contribution in [0.2, 0.25) is 0 Å². The Kier molecular flexibility index (Phi) is 4.31. The maximum absolute atomic E-state index is 12.3. The molecule has 1 amide bonds. The summed E-state index contributed by atoms with van der Waals surface area (Å²) in [6.45, 7) is 3.88. The van der Waals surface area contributed by atoms with Crippen molar-refractivity contribution in [3.8, 4) is 10.6 Å². The van der Waals surface area contributed by atoms with Gasteiger partial charge < -0.3 is 10.6 Å². The average Bonchev–Trinajstić information content (AvgIpc) is 2.95. The first-order valence-electron chi connectivity index (χ1n) is 7.26. The van der Waals surface area contributed by atoms with Gasteiger partial charge >= 0.3 is 0 Å². The second-order valence-corrected chi connectivity index (χ2v) is 6.25. The molecule has 5 heteroatoms. The van der Waals surface area contributed by atoms with Gasteiger partial charge in [-0.15, -0.1) is 11.3 Å². The van der Waals surface area contributed by atoms with Gasteiger partial charge in [0.2, 0.25) is 0 Å². The van der Waals surface area contributed by atoms with Crippen LogP contribution in [0, 0.1) is 6.92 Å². The summed E-state index contributed by atoms with van der Waals surface area (Å²) in [5, 5.41) is 9.39. The Labute approximate surface area is 128 Å². The van der Waals surface area contributed by atoms with Gasteiger partial charge in [0.25, 0.3) is 5.91 Å². The second kappa shape index (κ2) is 6.37. The highest BCUT2D eigenvalue weighted by atomic mass is 32.1. The quantitative estimate of drug-likeness (QED) is 0.916. The van der Waals surface area contributed by atoms with E-state index in [2.05, 4.69) is 15.6 Å². The molecule has 1 unspecified atom stereocenters. The number of nitrogens with one attached hydrogen (secondary N) is 2. The van der Waals surface area contributed by atoms with Crippen LogP contribution in [0.3, 0.4) is 0 Å². The zero-order valence-corrected chi connectivity index (χ0v) is 12.9. The summed E-state index contributed by atoms with van der Waals surface area (Å²) in [6, 6.07) is 7.92. The third-order valence-electron chi connectivity index (χ3n) is 3.62. The number of hydrogen-bond acceptors (Lipinski definition) is 4. The molecule has 21 heavy (non-hydrogen) atoms. The molecule has 1 aliphatic rings. The van der Waals surface area contributed by atoms with Crippen LogP contribution in [0.4, 0.5) is 0 Å². The van der Waals surface area contributed by atoms with Crippen molar-refractivity contribution in [1.82, 2.24) is 15.6 Å². The number of carbonyl (C=O) groups excluding carboxylic acids is 1. The molecule has 3 rings (SSSR count). The van der Waals surface area contributed by atoms with Crippen LogP contribution in [-0.2, 0) is 0 Å². The van der Waals surface area contributed by atoms with Gasteiger partial charge in [-0.05, 0) is 38.4 Å². The molecular weight excluding hydrogens is 282 g/mol. The largest absolute Gasteiger partial charge is 0.348 e. The summed E-state index contributed by atoms with van der Waals surface area (Å²) < 4.78 is 0. The van der Waals surface area contributed by atoms with Gasteiger partial charge in [0.15, 0.2) is 0 Å². The molecule has 110 valence electrons. The summed E-state index contributed by atoms with van der Waals surface area (Å²) in [7, 11) is 0. The third-order valence-corrected chi connectivity index (χ3v) is 4.63. The molecule has 2 N–H and O–H groups in total. The Morgan fingerprint density at radius 3 is 3.10 bits per heavy atom. The molecule has 1 aromatic carbocycles. The zero-order chi connectivity index (χ0) is 14.7. The Bertz CT molecular complexity index is 632. The van der Waals surface area contributed by atoms with Crippen molar-refractivity contribution in [2.45, 2.75) is 25.8 Å². The maximum atomic E-state index is 12.3. The highest BCUT2D eigenvalue weighted by Crippen LogP contribution is 2.24. The van der Waals surface area contributed by atoms with E-state index in [1.165, 1.54) is 0 Å². The van der Waals surface area contributed by atoms with E-state index in [1.807, 2.05) is 36.6 Å². The number of thiazole rings is 1. The molecule has 0 radical (unpaired) electrons. The minimum atomic E-state index is -0.00109. The highest BCUT2D eigenvalue weighted by molar-refractivity contribution is 7.13. The standard InChI is InChI=1S/C16H19N3OS/c1-11-10-21-16(18-11)13-5-2-4-12(8-13)15(20)19-14-6-3-7-17-9-14/h2,4-5,8,10,14,17H,3,6-7,9H2,1H3,(H,19,20). The van der Waals surface area contributed by atoms with Gasteiger partial charge in [-0.25, -0.2) is 4.98 Å². The summed E-state index contributed by atoms with van der Waals surface area (Å²) in [6.07, 6.45) is 2.16. The second-order valence-electron chi connectivity index (χ2n) is 5.39. The molecule has 1 fully saturated rings. The molecule has 1 aliphatic heterocycles. The lowest BCUT2D eigenvalue weighted by Gasteiger charge is -2.23.